The van der Waals surface area contributed by atoms with Crippen LogP contribution in [0.3, 0.4) is 0 Å². The van der Waals surface area contributed by atoms with Crippen LogP contribution in [0.2, 0.25) is 0 Å². The lowest BCUT2D eigenvalue weighted by Gasteiger charge is -2.19. The van der Waals surface area contributed by atoms with Crippen LogP contribution in [0.25, 0.3) is 5.57 Å². The lowest BCUT2D eigenvalue weighted by Crippen LogP contribution is -2.31. The van der Waals surface area contributed by atoms with Gasteiger partial charge < -0.3 is 14.9 Å². The maximum atomic E-state index is 13.0. The quantitative estimate of drug-likeness (QED) is 0.459. The molecule has 2 N–H and O–H groups in total. The number of unbranched alkanes of at least 4 members (excludes halogenated alkanes) is 1. The topological polar surface area (TPSA) is 87.1 Å². The molecule has 6 nitrogen and oxygen atoms in total. The summed E-state index contributed by atoms with van der Waals surface area (Å²) < 4.78 is 70.4. The number of hydrogen-bond acceptors (Lipinski definition) is 6. The van der Waals surface area contributed by atoms with Crippen LogP contribution in [0.15, 0.2) is 52.3 Å². The van der Waals surface area contributed by atoms with Gasteiger partial charge in [0, 0.05) is 24.2 Å². The molecule has 0 fully saturated rings. The average molecular weight is 500 g/mol. The molecule has 1 heterocycles. The van der Waals surface area contributed by atoms with Gasteiger partial charge in [-0.15, -0.1) is 0 Å². The minimum absolute atomic E-state index is 0.0159. The molecule has 0 saturated heterocycles. The number of alkyl halides is 3. The van der Waals surface area contributed by atoms with Crippen molar-refractivity contribution in [2.45, 2.75) is 30.8 Å². The van der Waals surface area contributed by atoms with E-state index in [0.717, 1.165) is 18.6 Å². The van der Waals surface area contributed by atoms with E-state index in [2.05, 4.69) is 0 Å². The highest BCUT2D eigenvalue weighted by molar-refractivity contribution is 7.95. The zero-order valence-electron chi connectivity index (χ0n) is 18.8. The second-order valence-corrected chi connectivity index (χ2v) is 10.1. The Labute approximate surface area is 197 Å². The smallest absolute Gasteiger partial charge is 0.416 e. The van der Waals surface area contributed by atoms with Gasteiger partial charge >= 0.3 is 6.18 Å². The molecule has 2 aromatic rings. The maximum absolute atomic E-state index is 13.0. The van der Waals surface area contributed by atoms with Gasteiger partial charge in [-0.25, -0.2) is 8.42 Å². The Bertz CT molecular complexity index is 1120. The number of halogens is 3. The summed E-state index contributed by atoms with van der Waals surface area (Å²) in [5, 5.41) is 18.1. The second-order valence-electron chi connectivity index (χ2n) is 8.01. The Kier molecular flexibility index (Phi) is 8.40. The Morgan fingerprint density at radius 1 is 0.941 bits per heavy atom. The third-order valence-electron chi connectivity index (χ3n) is 5.74. The lowest BCUT2D eigenvalue weighted by molar-refractivity contribution is -0.137. The number of aliphatic hydroxyl groups excluding tert-OH is 2. The van der Waals surface area contributed by atoms with Crippen molar-refractivity contribution in [3.63, 3.8) is 0 Å². The lowest BCUT2D eigenvalue weighted by atomic mass is 9.97. The number of sulfone groups is 1. The zero-order valence-corrected chi connectivity index (χ0v) is 19.6. The van der Waals surface area contributed by atoms with Crippen LogP contribution in [0.5, 0.6) is 5.75 Å². The van der Waals surface area contributed by atoms with E-state index in [1.165, 1.54) is 25.1 Å². The summed E-state index contributed by atoms with van der Waals surface area (Å²) in [6.45, 7) is 3.51. The first-order valence-corrected chi connectivity index (χ1v) is 12.4. The van der Waals surface area contributed by atoms with Crippen molar-refractivity contribution >= 4 is 15.4 Å². The highest BCUT2D eigenvalue weighted by Gasteiger charge is 2.35. The van der Waals surface area contributed by atoms with Gasteiger partial charge in [0.1, 0.15) is 5.75 Å². The first-order chi connectivity index (χ1) is 16.1. The minimum Gasteiger partial charge on any atom is -0.494 e. The van der Waals surface area contributed by atoms with Crippen molar-refractivity contribution in [1.82, 2.24) is 4.90 Å². The molecule has 10 heteroatoms. The van der Waals surface area contributed by atoms with Crippen molar-refractivity contribution in [1.29, 1.82) is 0 Å². The summed E-state index contributed by atoms with van der Waals surface area (Å²) >= 11 is 0. The van der Waals surface area contributed by atoms with E-state index >= 15 is 0 Å². The van der Waals surface area contributed by atoms with Crippen LogP contribution >= 0.6 is 0 Å². The SMILES string of the molecule is CC1=C(c2ccc(C(F)(F)F)cc2)c2ccc(OCCCCN(CCO)CCO)cc2S1(=O)=O. The van der Waals surface area contributed by atoms with E-state index < -0.39 is 21.6 Å². The van der Waals surface area contributed by atoms with E-state index in [-0.39, 0.29) is 23.0 Å². The second kappa shape index (κ2) is 10.9. The first kappa shape index (κ1) is 26.2. The number of rotatable bonds is 11. The first-order valence-electron chi connectivity index (χ1n) is 10.9. The molecule has 0 aliphatic carbocycles. The van der Waals surface area contributed by atoms with Crippen molar-refractivity contribution in [3.05, 3.63) is 64.1 Å². The van der Waals surface area contributed by atoms with Gasteiger partial charge in [0.25, 0.3) is 0 Å². The minimum atomic E-state index is -4.47. The van der Waals surface area contributed by atoms with Crippen molar-refractivity contribution in [2.75, 3.05) is 39.5 Å². The van der Waals surface area contributed by atoms with Crippen LogP contribution in [0.1, 0.15) is 36.5 Å². The Hall–Kier alpha value is -2.40. The van der Waals surface area contributed by atoms with Gasteiger partial charge in [-0.2, -0.15) is 13.2 Å². The zero-order chi connectivity index (χ0) is 24.9. The third-order valence-corrected chi connectivity index (χ3v) is 7.66. The molecular weight excluding hydrogens is 471 g/mol. The molecule has 0 amide bonds. The Morgan fingerprint density at radius 2 is 1.59 bits per heavy atom. The highest BCUT2D eigenvalue weighted by atomic mass is 32.2. The molecule has 0 saturated carbocycles. The summed E-state index contributed by atoms with van der Waals surface area (Å²) in [6.07, 6.45) is -2.99. The van der Waals surface area contributed by atoms with E-state index in [0.29, 0.717) is 55.1 Å². The molecule has 3 rings (SSSR count). The number of nitrogens with zero attached hydrogens (tertiary/aromatic N) is 1. The molecule has 0 unspecified atom stereocenters. The van der Waals surface area contributed by atoms with Gasteiger partial charge in [-0.05, 0) is 62.2 Å². The van der Waals surface area contributed by atoms with Gasteiger partial charge in [0.15, 0.2) is 0 Å². The number of allylic oxidation sites excluding steroid dienone is 1. The third kappa shape index (κ3) is 5.80. The van der Waals surface area contributed by atoms with Crippen LogP contribution in [0.4, 0.5) is 13.2 Å². The van der Waals surface area contributed by atoms with Crippen molar-refractivity contribution < 1.29 is 36.5 Å². The average Bonchev–Trinajstić information content (AvgIpc) is 2.98. The molecule has 34 heavy (non-hydrogen) atoms. The van der Waals surface area contributed by atoms with Gasteiger partial charge in [0.2, 0.25) is 9.84 Å². The van der Waals surface area contributed by atoms with Crippen LogP contribution < -0.4 is 4.74 Å². The Balaban J connectivity index is 1.70. The highest BCUT2D eigenvalue weighted by Crippen LogP contribution is 2.44. The van der Waals surface area contributed by atoms with Crippen LogP contribution in [-0.2, 0) is 16.0 Å². The predicted molar refractivity (Wildman–Crippen MR) is 122 cm³/mol. The van der Waals surface area contributed by atoms with Crippen molar-refractivity contribution in [3.8, 4) is 5.75 Å². The Morgan fingerprint density at radius 3 is 2.18 bits per heavy atom. The molecule has 0 radical (unpaired) electrons. The number of fused-ring (bicyclic) bond motifs is 1. The maximum Gasteiger partial charge on any atom is 0.416 e. The number of hydrogen-bond donors (Lipinski definition) is 2. The molecule has 1 aliphatic rings. The van der Waals surface area contributed by atoms with E-state index in [4.69, 9.17) is 14.9 Å². The molecule has 1 aliphatic heterocycles. The molecule has 0 bridgehead atoms. The molecule has 0 atom stereocenters. The van der Waals surface area contributed by atoms with Gasteiger partial charge in [-0.1, -0.05) is 12.1 Å². The van der Waals surface area contributed by atoms with Crippen LogP contribution in [0, 0.1) is 0 Å². The summed E-state index contributed by atoms with van der Waals surface area (Å²) in [5.74, 6) is 0.395. The summed E-state index contributed by atoms with van der Waals surface area (Å²) in [4.78, 5) is 2.11. The largest absolute Gasteiger partial charge is 0.494 e. The summed E-state index contributed by atoms with van der Waals surface area (Å²) in [7, 11) is -3.78. The monoisotopic (exact) mass is 499 g/mol. The number of benzene rings is 2. The van der Waals surface area contributed by atoms with Crippen molar-refractivity contribution in [2.24, 2.45) is 0 Å². The van der Waals surface area contributed by atoms with E-state index in [1.807, 2.05) is 4.90 Å². The molecular formula is C24H28F3NO5S. The number of aliphatic hydroxyl groups is 2. The summed E-state index contributed by atoms with van der Waals surface area (Å²) in [5.41, 5.74) is 0.434. The fourth-order valence-electron chi connectivity index (χ4n) is 3.94. The van der Waals surface area contributed by atoms with Gasteiger partial charge in [-0.3, -0.25) is 4.90 Å². The van der Waals surface area contributed by atoms with Gasteiger partial charge in [0.05, 0.1) is 35.2 Å². The fraction of sp³-hybridized carbons (Fsp3) is 0.417. The molecule has 2 aromatic carbocycles. The van der Waals surface area contributed by atoms with E-state index in [9.17, 15) is 21.6 Å². The van der Waals surface area contributed by atoms with E-state index in [1.54, 1.807) is 12.1 Å². The standard InChI is InChI=1S/C24H28F3NO5S/c1-17-23(18-4-6-19(7-5-18)24(25,26)27)21-9-8-20(16-22(21)34(17,31)32)33-15-3-2-10-28(11-13-29)12-14-30/h4-9,16,29-30H,2-3,10-15H2,1H3. The molecule has 186 valence electrons. The molecule has 0 spiro atoms. The fourth-order valence-corrected chi connectivity index (χ4v) is 5.50. The molecule has 0 aromatic heterocycles. The normalized spacial score (nSPS) is 15.1. The number of ether oxygens (including phenoxy) is 1. The summed E-state index contributed by atoms with van der Waals surface area (Å²) in [6, 6.07) is 9.19. The predicted octanol–water partition coefficient (Wildman–Crippen LogP) is 3.72. The van der Waals surface area contributed by atoms with Crippen LogP contribution in [-0.4, -0.2) is 63.0 Å².